The zero-order valence-electron chi connectivity index (χ0n) is 12.2. The van der Waals surface area contributed by atoms with Gasteiger partial charge in [0.15, 0.2) is 0 Å². The monoisotopic (exact) mass is 248 g/mol. The quantitative estimate of drug-likeness (QED) is 0.548. The molecule has 2 atom stereocenters. The van der Waals surface area contributed by atoms with E-state index in [1.54, 1.807) is 5.57 Å². The molecule has 0 aromatic rings. The Morgan fingerprint density at radius 3 is 2.56 bits per heavy atom. The van der Waals surface area contributed by atoms with Crippen molar-refractivity contribution < 1.29 is 4.79 Å². The van der Waals surface area contributed by atoms with Gasteiger partial charge in [0.25, 0.3) is 0 Å². The van der Waals surface area contributed by atoms with Gasteiger partial charge in [-0.3, -0.25) is 0 Å². The lowest BCUT2D eigenvalue weighted by molar-refractivity contribution is -0.107. The maximum absolute atomic E-state index is 10.4. The molecule has 0 aliphatic heterocycles. The Morgan fingerprint density at radius 2 is 2.00 bits per heavy atom. The second kappa shape index (κ2) is 8.29. The van der Waals surface area contributed by atoms with E-state index in [1.165, 1.54) is 31.3 Å². The highest BCUT2D eigenvalue weighted by molar-refractivity contribution is 5.50. The summed E-state index contributed by atoms with van der Waals surface area (Å²) in [5.74, 6) is 1.58. The van der Waals surface area contributed by atoms with Gasteiger partial charge in [-0.1, -0.05) is 56.9 Å². The van der Waals surface area contributed by atoms with Crippen molar-refractivity contribution in [3.05, 3.63) is 23.3 Å². The summed E-state index contributed by atoms with van der Waals surface area (Å²) in [5.41, 5.74) is 3.05. The van der Waals surface area contributed by atoms with Crippen LogP contribution in [0.5, 0.6) is 0 Å². The highest BCUT2D eigenvalue weighted by atomic mass is 16.1. The first-order chi connectivity index (χ1) is 8.67. The minimum atomic E-state index is 0.679. The minimum Gasteiger partial charge on any atom is -0.303 e. The largest absolute Gasteiger partial charge is 0.303 e. The van der Waals surface area contributed by atoms with Crippen molar-refractivity contribution in [3.63, 3.8) is 0 Å². The molecular formula is C17H28O. The van der Waals surface area contributed by atoms with E-state index in [-0.39, 0.29) is 0 Å². The van der Waals surface area contributed by atoms with Gasteiger partial charge in [0.2, 0.25) is 0 Å². The maximum Gasteiger partial charge on any atom is 0.120 e. The van der Waals surface area contributed by atoms with Crippen molar-refractivity contribution in [2.24, 2.45) is 11.8 Å². The molecule has 2 unspecified atom stereocenters. The molecule has 0 bridgehead atoms. The fourth-order valence-corrected chi connectivity index (χ4v) is 2.48. The molecule has 0 aromatic heterocycles. The van der Waals surface area contributed by atoms with Gasteiger partial charge in [0.05, 0.1) is 0 Å². The standard InChI is InChI=1S/C17H28O/c1-4-14(2)7-8-15(3)17-11-9-16(10-12-17)6-5-13-18/h9,11,13-15H,4-8,10,12H2,1-3H3. The molecular weight excluding hydrogens is 220 g/mol. The Balaban J connectivity index is 2.40. The van der Waals surface area contributed by atoms with Crippen LogP contribution in [0.4, 0.5) is 0 Å². The van der Waals surface area contributed by atoms with Gasteiger partial charge in [0.1, 0.15) is 6.29 Å². The SMILES string of the molecule is CCC(C)CCC(C)C1=CC=C(CCC=O)CC1. The van der Waals surface area contributed by atoms with Gasteiger partial charge in [0, 0.05) is 6.42 Å². The predicted molar refractivity (Wildman–Crippen MR) is 78.6 cm³/mol. The lowest BCUT2D eigenvalue weighted by atomic mass is 9.85. The summed E-state index contributed by atoms with van der Waals surface area (Å²) in [5, 5.41) is 0. The second-order valence-electron chi connectivity index (χ2n) is 5.76. The number of rotatable bonds is 8. The summed E-state index contributed by atoms with van der Waals surface area (Å²) in [6, 6.07) is 0. The second-order valence-corrected chi connectivity index (χ2v) is 5.76. The molecule has 0 heterocycles. The Morgan fingerprint density at radius 1 is 1.22 bits per heavy atom. The van der Waals surface area contributed by atoms with E-state index >= 15 is 0 Å². The van der Waals surface area contributed by atoms with Crippen LogP contribution in [0.25, 0.3) is 0 Å². The fourth-order valence-electron chi connectivity index (χ4n) is 2.48. The van der Waals surface area contributed by atoms with Crippen molar-refractivity contribution in [2.75, 3.05) is 0 Å². The summed E-state index contributed by atoms with van der Waals surface area (Å²) in [6.07, 6.45) is 13.5. The van der Waals surface area contributed by atoms with Crippen LogP contribution in [0.15, 0.2) is 23.3 Å². The summed E-state index contributed by atoms with van der Waals surface area (Å²) in [7, 11) is 0. The number of aldehydes is 1. The molecule has 0 fully saturated rings. The number of hydrogen-bond donors (Lipinski definition) is 0. The fraction of sp³-hybridized carbons (Fsp3) is 0.706. The van der Waals surface area contributed by atoms with E-state index in [9.17, 15) is 4.79 Å². The summed E-state index contributed by atoms with van der Waals surface area (Å²) < 4.78 is 0. The Kier molecular flexibility index (Phi) is 7.00. The third-order valence-corrected chi connectivity index (χ3v) is 4.27. The summed E-state index contributed by atoms with van der Waals surface area (Å²) in [4.78, 5) is 10.4. The molecule has 0 N–H and O–H groups in total. The molecule has 1 nitrogen and oxygen atoms in total. The molecule has 1 aliphatic carbocycles. The van der Waals surface area contributed by atoms with E-state index in [1.807, 2.05) is 0 Å². The van der Waals surface area contributed by atoms with Crippen LogP contribution in [0, 0.1) is 11.8 Å². The van der Waals surface area contributed by atoms with Crippen LogP contribution in [-0.2, 0) is 4.79 Å². The van der Waals surface area contributed by atoms with Gasteiger partial charge in [-0.2, -0.15) is 0 Å². The van der Waals surface area contributed by atoms with Crippen LogP contribution >= 0.6 is 0 Å². The normalized spacial score (nSPS) is 18.8. The van der Waals surface area contributed by atoms with Gasteiger partial charge < -0.3 is 4.79 Å². The summed E-state index contributed by atoms with van der Waals surface area (Å²) in [6.45, 7) is 6.98. The molecule has 0 saturated heterocycles. The third-order valence-electron chi connectivity index (χ3n) is 4.27. The zero-order valence-corrected chi connectivity index (χ0v) is 12.2. The van der Waals surface area contributed by atoms with Crippen molar-refractivity contribution >= 4 is 6.29 Å². The lowest BCUT2D eigenvalue weighted by Gasteiger charge is -2.21. The van der Waals surface area contributed by atoms with Gasteiger partial charge >= 0.3 is 0 Å². The number of carbonyl (C=O) groups excluding carboxylic acids is 1. The van der Waals surface area contributed by atoms with Crippen LogP contribution < -0.4 is 0 Å². The first-order valence-electron chi connectivity index (χ1n) is 7.49. The molecule has 1 aliphatic rings. The Labute approximate surface area is 112 Å². The third kappa shape index (κ3) is 5.20. The molecule has 0 radical (unpaired) electrons. The van der Waals surface area contributed by atoms with E-state index in [4.69, 9.17) is 0 Å². The minimum absolute atomic E-state index is 0.679. The number of hydrogen-bond acceptors (Lipinski definition) is 1. The highest BCUT2D eigenvalue weighted by Crippen LogP contribution is 2.29. The van der Waals surface area contributed by atoms with E-state index in [0.29, 0.717) is 6.42 Å². The molecule has 1 rings (SSSR count). The topological polar surface area (TPSA) is 17.1 Å². The molecule has 0 aromatic carbocycles. The van der Waals surface area contributed by atoms with E-state index in [0.717, 1.165) is 31.0 Å². The first kappa shape index (κ1) is 15.2. The Hall–Kier alpha value is -0.850. The van der Waals surface area contributed by atoms with Crippen molar-refractivity contribution in [3.8, 4) is 0 Å². The van der Waals surface area contributed by atoms with E-state index < -0.39 is 0 Å². The molecule has 0 saturated carbocycles. The maximum atomic E-state index is 10.4. The molecule has 1 heteroatoms. The van der Waals surface area contributed by atoms with Gasteiger partial charge in [-0.05, 0) is 37.5 Å². The summed E-state index contributed by atoms with van der Waals surface area (Å²) >= 11 is 0. The van der Waals surface area contributed by atoms with Gasteiger partial charge in [-0.25, -0.2) is 0 Å². The van der Waals surface area contributed by atoms with Crippen LogP contribution in [0.3, 0.4) is 0 Å². The average Bonchev–Trinajstić information content (AvgIpc) is 2.42. The first-order valence-corrected chi connectivity index (χ1v) is 7.49. The highest BCUT2D eigenvalue weighted by Gasteiger charge is 2.13. The van der Waals surface area contributed by atoms with Crippen LogP contribution in [0.1, 0.15) is 65.7 Å². The van der Waals surface area contributed by atoms with Crippen LogP contribution in [-0.4, -0.2) is 6.29 Å². The number of allylic oxidation sites excluding steroid dienone is 4. The van der Waals surface area contributed by atoms with Crippen molar-refractivity contribution in [1.82, 2.24) is 0 Å². The average molecular weight is 248 g/mol. The smallest absolute Gasteiger partial charge is 0.120 e. The zero-order chi connectivity index (χ0) is 13.4. The molecule has 102 valence electrons. The van der Waals surface area contributed by atoms with E-state index in [2.05, 4.69) is 32.9 Å². The van der Waals surface area contributed by atoms with Gasteiger partial charge in [-0.15, -0.1) is 0 Å². The lowest BCUT2D eigenvalue weighted by Crippen LogP contribution is -2.05. The van der Waals surface area contributed by atoms with Crippen LogP contribution in [0.2, 0.25) is 0 Å². The van der Waals surface area contributed by atoms with Crippen molar-refractivity contribution in [1.29, 1.82) is 0 Å². The Bertz CT molecular complexity index is 312. The molecule has 0 amide bonds. The molecule has 0 spiro atoms. The molecule has 18 heavy (non-hydrogen) atoms. The predicted octanol–water partition coefficient (Wildman–Crippen LogP) is 5.07. The van der Waals surface area contributed by atoms with Crippen molar-refractivity contribution in [2.45, 2.75) is 65.7 Å². The number of carbonyl (C=O) groups is 1.